The molecule has 17 heavy (non-hydrogen) atoms. The summed E-state index contributed by atoms with van der Waals surface area (Å²) in [6.07, 6.45) is 2.87. The van der Waals surface area contributed by atoms with E-state index in [1.165, 1.54) is 36.1 Å². The van der Waals surface area contributed by atoms with Crippen molar-refractivity contribution >= 4 is 11.6 Å². The highest BCUT2D eigenvalue weighted by atomic mass is 35.5. The molecule has 0 spiro atoms. The molecule has 0 saturated carbocycles. The Morgan fingerprint density at radius 2 is 1.88 bits per heavy atom. The van der Waals surface area contributed by atoms with Gasteiger partial charge in [-0.1, -0.05) is 11.6 Å². The molecule has 0 atom stereocenters. The molecule has 0 aliphatic heterocycles. The van der Waals surface area contributed by atoms with Crippen LogP contribution in [0.5, 0.6) is 0 Å². The van der Waals surface area contributed by atoms with Gasteiger partial charge in [0.15, 0.2) is 0 Å². The first-order valence-corrected chi connectivity index (χ1v) is 5.12. The lowest BCUT2D eigenvalue weighted by Gasteiger charge is -2.06. The minimum atomic E-state index is -0.710. The zero-order valence-corrected chi connectivity index (χ0v) is 9.61. The lowest BCUT2D eigenvalue weighted by Crippen LogP contribution is -2.38. The van der Waals surface area contributed by atoms with Gasteiger partial charge >= 0.3 is 11.1 Å². The SMILES string of the molecule is Cn1ccn(-c2ccc(F)c(Cl)c2)c(=O)c1=O. The van der Waals surface area contributed by atoms with Gasteiger partial charge in [0, 0.05) is 19.4 Å². The number of hydrogen-bond donors (Lipinski definition) is 0. The fourth-order valence-corrected chi connectivity index (χ4v) is 1.57. The van der Waals surface area contributed by atoms with E-state index in [0.717, 1.165) is 10.6 Å². The molecule has 0 radical (unpaired) electrons. The largest absolute Gasteiger partial charge is 0.320 e. The fourth-order valence-electron chi connectivity index (χ4n) is 1.39. The Morgan fingerprint density at radius 3 is 2.53 bits per heavy atom. The average molecular weight is 255 g/mol. The van der Waals surface area contributed by atoms with Crippen LogP contribution in [-0.4, -0.2) is 9.13 Å². The van der Waals surface area contributed by atoms with Gasteiger partial charge in [-0.3, -0.25) is 14.2 Å². The molecule has 0 bridgehead atoms. The molecule has 4 nitrogen and oxygen atoms in total. The second kappa shape index (κ2) is 4.18. The molecule has 1 aromatic heterocycles. The fraction of sp³-hybridized carbons (Fsp3) is 0.0909. The van der Waals surface area contributed by atoms with Crippen molar-refractivity contribution in [1.82, 2.24) is 9.13 Å². The summed E-state index contributed by atoms with van der Waals surface area (Å²) in [7, 11) is 1.48. The molecular weight excluding hydrogens is 247 g/mol. The Labute approximate surface area is 101 Å². The van der Waals surface area contributed by atoms with Crippen LogP contribution >= 0.6 is 11.6 Å². The Hall–Kier alpha value is -1.88. The Bertz CT molecular complexity index is 691. The van der Waals surface area contributed by atoms with E-state index in [1.54, 1.807) is 0 Å². The van der Waals surface area contributed by atoms with E-state index < -0.39 is 16.9 Å². The van der Waals surface area contributed by atoms with Crippen LogP contribution in [-0.2, 0) is 7.05 Å². The molecule has 1 aromatic carbocycles. The van der Waals surface area contributed by atoms with Gasteiger partial charge in [-0.2, -0.15) is 0 Å². The quantitative estimate of drug-likeness (QED) is 0.721. The van der Waals surface area contributed by atoms with Gasteiger partial charge in [0.2, 0.25) is 0 Å². The normalized spacial score (nSPS) is 10.5. The number of benzene rings is 1. The van der Waals surface area contributed by atoms with Crippen LogP contribution in [0.15, 0.2) is 40.2 Å². The molecule has 2 rings (SSSR count). The van der Waals surface area contributed by atoms with Crippen LogP contribution in [0, 0.1) is 5.82 Å². The maximum absolute atomic E-state index is 13.0. The number of rotatable bonds is 1. The summed E-state index contributed by atoms with van der Waals surface area (Å²) in [6, 6.07) is 3.81. The van der Waals surface area contributed by atoms with Crippen LogP contribution in [0.3, 0.4) is 0 Å². The predicted octanol–water partition coefficient (Wildman–Crippen LogP) is 1.33. The van der Waals surface area contributed by atoms with Crippen LogP contribution < -0.4 is 11.1 Å². The first-order valence-electron chi connectivity index (χ1n) is 4.74. The first kappa shape index (κ1) is 11.6. The van der Waals surface area contributed by atoms with E-state index in [1.807, 2.05) is 0 Å². The predicted molar refractivity (Wildman–Crippen MR) is 62.2 cm³/mol. The van der Waals surface area contributed by atoms with Gasteiger partial charge in [-0.05, 0) is 18.2 Å². The van der Waals surface area contributed by atoms with E-state index in [9.17, 15) is 14.0 Å². The Kier molecular flexibility index (Phi) is 2.85. The number of aryl methyl sites for hydroxylation is 1. The summed E-state index contributed by atoms with van der Waals surface area (Å²) in [5.41, 5.74) is -1.02. The number of hydrogen-bond acceptors (Lipinski definition) is 2. The third-order valence-corrected chi connectivity index (χ3v) is 2.63. The first-order chi connectivity index (χ1) is 8.00. The van der Waals surface area contributed by atoms with Crippen molar-refractivity contribution < 1.29 is 4.39 Å². The average Bonchev–Trinajstić information content (AvgIpc) is 2.30. The molecule has 2 aromatic rings. The topological polar surface area (TPSA) is 44.0 Å². The molecule has 0 saturated heterocycles. The van der Waals surface area contributed by atoms with Crippen LogP contribution in [0.4, 0.5) is 4.39 Å². The van der Waals surface area contributed by atoms with E-state index in [4.69, 9.17) is 11.6 Å². The molecule has 0 unspecified atom stereocenters. The third-order valence-electron chi connectivity index (χ3n) is 2.34. The highest BCUT2D eigenvalue weighted by Gasteiger charge is 2.06. The van der Waals surface area contributed by atoms with Crippen LogP contribution in [0.2, 0.25) is 5.02 Å². The van der Waals surface area contributed by atoms with Crippen molar-refractivity contribution in [3.63, 3.8) is 0 Å². The lowest BCUT2D eigenvalue weighted by molar-refractivity contribution is 0.627. The summed E-state index contributed by atoms with van der Waals surface area (Å²) in [6.45, 7) is 0. The monoisotopic (exact) mass is 254 g/mol. The van der Waals surface area contributed by atoms with Gasteiger partial charge < -0.3 is 4.57 Å². The minimum absolute atomic E-state index is 0.102. The maximum Gasteiger partial charge on any atom is 0.320 e. The van der Waals surface area contributed by atoms with E-state index in [-0.39, 0.29) is 5.02 Å². The number of halogens is 2. The van der Waals surface area contributed by atoms with Gasteiger partial charge in [-0.15, -0.1) is 0 Å². The molecule has 6 heteroatoms. The summed E-state index contributed by atoms with van der Waals surface area (Å²) < 4.78 is 15.3. The van der Waals surface area contributed by atoms with Gasteiger partial charge in [-0.25, -0.2) is 4.39 Å². The molecule has 0 N–H and O–H groups in total. The lowest BCUT2D eigenvalue weighted by atomic mass is 10.3. The van der Waals surface area contributed by atoms with E-state index in [0.29, 0.717) is 5.69 Å². The summed E-state index contributed by atoms with van der Waals surface area (Å²) in [5.74, 6) is -0.577. The number of aromatic nitrogens is 2. The summed E-state index contributed by atoms with van der Waals surface area (Å²) in [5, 5.41) is -0.102. The van der Waals surface area contributed by atoms with Gasteiger partial charge in [0.1, 0.15) is 5.82 Å². The molecule has 0 aliphatic carbocycles. The number of nitrogens with zero attached hydrogens (tertiary/aromatic N) is 2. The van der Waals surface area contributed by atoms with Crippen LogP contribution in [0.25, 0.3) is 5.69 Å². The van der Waals surface area contributed by atoms with Crippen molar-refractivity contribution in [3.05, 3.63) is 62.1 Å². The van der Waals surface area contributed by atoms with E-state index in [2.05, 4.69) is 0 Å². The van der Waals surface area contributed by atoms with Gasteiger partial charge in [0.05, 0.1) is 10.7 Å². The molecular formula is C11H8ClFN2O2. The van der Waals surface area contributed by atoms with Crippen molar-refractivity contribution in [2.24, 2.45) is 7.05 Å². The third kappa shape index (κ3) is 2.01. The zero-order chi connectivity index (χ0) is 12.6. The molecule has 0 fully saturated rings. The standard InChI is InChI=1S/C11H8ClFN2O2/c1-14-4-5-15(11(17)10(14)16)7-2-3-9(13)8(12)6-7/h2-6H,1H3. The Balaban J connectivity index is 2.70. The molecule has 0 aliphatic rings. The molecule has 1 heterocycles. The van der Waals surface area contributed by atoms with Gasteiger partial charge in [0.25, 0.3) is 0 Å². The Morgan fingerprint density at radius 1 is 1.18 bits per heavy atom. The second-order valence-electron chi connectivity index (χ2n) is 3.49. The molecule has 0 amide bonds. The maximum atomic E-state index is 13.0. The zero-order valence-electron chi connectivity index (χ0n) is 8.85. The highest BCUT2D eigenvalue weighted by Crippen LogP contribution is 2.17. The summed E-state index contributed by atoms with van der Waals surface area (Å²) in [4.78, 5) is 23.1. The van der Waals surface area contributed by atoms with E-state index >= 15 is 0 Å². The smallest absolute Gasteiger partial charge is 0.312 e. The van der Waals surface area contributed by atoms with Crippen molar-refractivity contribution in [1.29, 1.82) is 0 Å². The highest BCUT2D eigenvalue weighted by molar-refractivity contribution is 6.30. The molecule has 88 valence electrons. The second-order valence-corrected chi connectivity index (χ2v) is 3.89. The van der Waals surface area contributed by atoms with Crippen molar-refractivity contribution in [2.45, 2.75) is 0 Å². The van der Waals surface area contributed by atoms with Crippen molar-refractivity contribution in [3.8, 4) is 5.69 Å². The minimum Gasteiger partial charge on any atom is -0.312 e. The van der Waals surface area contributed by atoms with Crippen LogP contribution in [0.1, 0.15) is 0 Å². The summed E-state index contributed by atoms with van der Waals surface area (Å²) >= 11 is 5.61. The van der Waals surface area contributed by atoms with Crippen molar-refractivity contribution in [2.75, 3.05) is 0 Å².